The van der Waals surface area contributed by atoms with Crippen molar-refractivity contribution in [2.45, 2.75) is 23.3 Å². The third-order valence-electron chi connectivity index (χ3n) is 6.22. The molecule has 1 aliphatic heterocycles. The van der Waals surface area contributed by atoms with E-state index in [4.69, 9.17) is 11.6 Å². The summed E-state index contributed by atoms with van der Waals surface area (Å²) in [5.41, 5.74) is 0.831. The molecule has 5 rings (SSSR count). The molecule has 0 atom stereocenters. The maximum Gasteiger partial charge on any atom is 0.264 e. The van der Waals surface area contributed by atoms with Crippen molar-refractivity contribution in [2.24, 2.45) is 0 Å². The lowest BCUT2D eigenvalue weighted by molar-refractivity contribution is -0.0210. The number of hydrogen-bond donors (Lipinski definition) is 2. The Morgan fingerprint density at radius 2 is 1.77 bits per heavy atom. The van der Waals surface area contributed by atoms with Gasteiger partial charge in [0.25, 0.3) is 15.9 Å². The zero-order chi connectivity index (χ0) is 24.6. The summed E-state index contributed by atoms with van der Waals surface area (Å²) in [5.74, 6) is -0.173. The number of piperidine rings is 1. The predicted molar refractivity (Wildman–Crippen MR) is 137 cm³/mol. The van der Waals surface area contributed by atoms with Gasteiger partial charge < -0.3 is 10.0 Å². The fraction of sp³-hybridized carbons (Fsp3) is 0.200. The molecule has 1 saturated heterocycles. The van der Waals surface area contributed by atoms with Crippen molar-refractivity contribution in [1.82, 2.24) is 9.88 Å². The number of aliphatic hydroxyl groups is 1. The second kappa shape index (κ2) is 9.23. The van der Waals surface area contributed by atoms with Crippen molar-refractivity contribution < 1.29 is 18.3 Å². The summed E-state index contributed by atoms with van der Waals surface area (Å²) in [5, 5.41) is 13.2. The van der Waals surface area contributed by atoms with E-state index in [-0.39, 0.29) is 10.8 Å². The summed E-state index contributed by atoms with van der Waals surface area (Å²) in [6, 6.07) is 17.1. The summed E-state index contributed by atoms with van der Waals surface area (Å²) in [4.78, 5) is 19.0. The van der Waals surface area contributed by atoms with Crippen LogP contribution in [0.15, 0.2) is 77.1 Å². The first-order valence-electron chi connectivity index (χ1n) is 11.0. The summed E-state index contributed by atoms with van der Waals surface area (Å²) < 4.78 is 29.1. The Morgan fingerprint density at radius 1 is 1.06 bits per heavy atom. The number of fused-ring (bicyclic) bond motifs is 1. The maximum atomic E-state index is 13.0. The van der Waals surface area contributed by atoms with Crippen molar-refractivity contribution in [1.29, 1.82) is 0 Å². The van der Waals surface area contributed by atoms with E-state index in [1.165, 1.54) is 11.3 Å². The van der Waals surface area contributed by atoms with Crippen LogP contribution in [0.25, 0.3) is 10.2 Å². The van der Waals surface area contributed by atoms with Crippen LogP contribution in [0.2, 0.25) is 5.02 Å². The van der Waals surface area contributed by atoms with Crippen LogP contribution in [0.4, 0.5) is 5.69 Å². The summed E-state index contributed by atoms with van der Waals surface area (Å²) >= 11 is 7.59. The molecule has 180 valence electrons. The van der Waals surface area contributed by atoms with Crippen LogP contribution in [-0.2, 0) is 15.6 Å². The number of nitrogens with zero attached hydrogens (tertiary/aromatic N) is 2. The fourth-order valence-electron chi connectivity index (χ4n) is 4.30. The van der Waals surface area contributed by atoms with Gasteiger partial charge in [-0.25, -0.2) is 8.42 Å². The third-order valence-corrected chi connectivity index (χ3v) is 9.03. The number of pyridine rings is 1. The van der Waals surface area contributed by atoms with Gasteiger partial charge in [0.15, 0.2) is 0 Å². The third kappa shape index (κ3) is 4.64. The molecule has 2 aromatic carbocycles. The Bertz CT molecular complexity index is 1490. The summed E-state index contributed by atoms with van der Waals surface area (Å²) in [6.07, 6.45) is 2.32. The first-order valence-corrected chi connectivity index (χ1v) is 13.7. The molecule has 0 radical (unpaired) electrons. The molecule has 0 saturated carbocycles. The van der Waals surface area contributed by atoms with Gasteiger partial charge in [-0.2, -0.15) is 0 Å². The number of thiophene rings is 1. The number of carbonyl (C=O) groups excluding carboxylic acids is 1. The van der Waals surface area contributed by atoms with Crippen molar-refractivity contribution >= 4 is 54.8 Å². The highest BCUT2D eigenvalue weighted by Gasteiger charge is 2.37. The van der Waals surface area contributed by atoms with Gasteiger partial charge in [-0.15, -0.1) is 11.3 Å². The molecule has 2 aromatic heterocycles. The number of aromatic nitrogens is 1. The standard InChI is InChI=1S/C25H22ClN3O4S2/c26-20-5-2-1-4-19(20)25(31)11-14-29(15-12-25)24(30)17-7-9-18(10-8-17)28-35(32,33)22-16-34-21-6-3-13-27-23(21)22/h1-10,13,16,28,31H,11-12,14-15H2. The van der Waals surface area contributed by atoms with Crippen LogP contribution < -0.4 is 4.72 Å². The fourth-order valence-corrected chi connectivity index (χ4v) is 7.07. The molecule has 0 aliphatic carbocycles. The lowest BCUT2D eigenvalue weighted by Crippen LogP contribution is -2.45. The van der Waals surface area contributed by atoms with Crippen LogP contribution in [0, 0.1) is 0 Å². The SMILES string of the molecule is O=C(c1ccc(NS(=O)(=O)c2csc3cccnc23)cc1)N1CCC(O)(c2ccccc2Cl)CC1. The molecular weight excluding hydrogens is 506 g/mol. The average Bonchev–Trinajstić information content (AvgIpc) is 3.30. The normalized spacial score (nSPS) is 15.8. The Kier molecular flexibility index (Phi) is 6.27. The van der Waals surface area contributed by atoms with Crippen molar-refractivity contribution in [3.63, 3.8) is 0 Å². The zero-order valence-corrected chi connectivity index (χ0v) is 20.9. The molecule has 7 nitrogen and oxygen atoms in total. The number of halogens is 1. The lowest BCUT2D eigenvalue weighted by Gasteiger charge is -2.39. The van der Waals surface area contributed by atoms with E-state index in [9.17, 15) is 18.3 Å². The van der Waals surface area contributed by atoms with Gasteiger partial charge in [0.1, 0.15) is 10.4 Å². The molecule has 1 amide bonds. The molecule has 0 bridgehead atoms. The van der Waals surface area contributed by atoms with Crippen LogP contribution in [0.1, 0.15) is 28.8 Å². The highest BCUT2D eigenvalue weighted by Crippen LogP contribution is 2.37. The molecule has 10 heteroatoms. The Hall–Kier alpha value is -2.98. The minimum Gasteiger partial charge on any atom is -0.385 e. The smallest absolute Gasteiger partial charge is 0.264 e. The zero-order valence-electron chi connectivity index (χ0n) is 18.5. The minimum absolute atomic E-state index is 0.123. The largest absolute Gasteiger partial charge is 0.385 e. The molecule has 0 spiro atoms. The van der Waals surface area contributed by atoms with Crippen LogP contribution in [0.5, 0.6) is 0 Å². The highest BCUT2D eigenvalue weighted by atomic mass is 35.5. The Balaban J connectivity index is 1.26. The van der Waals surface area contributed by atoms with Gasteiger partial charge in [0, 0.05) is 46.5 Å². The molecule has 2 N–H and O–H groups in total. The van der Waals surface area contributed by atoms with Crippen molar-refractivity contribution in [3.05, 3.63) is 88.4 Å². The number of anilines is 1. The van der Waals surface area contributed by atoms with E-state index in [1.807, 2.05) is 24.3 Å². The van der Waals surface area contributed by atoms with Crippen molar-refractivity contribution in [3.8, 4) is 0 Å². The summed E-state index contributed by atoms with van der Waals surface area (Å²) in [6.45, 7) is 0.764. The lowest BCUT2D eigenvalue weighted by atomic mass is 9.84. The van der Waals surface area contributed by atoms with Crippen molar-refractivity contribution in [2.75, 3.05) is 17.8 Å². The second-order valence-electron chi connectivity index (χ2n) is 8.44. The molecule has 0 unspecified atom stereocenters. The molecule has 1 aliphatic rings. The highest BCUT2D eigenvalue weighted by molar-refractivity contribution is 7.93. The molecule has 1 fully saturated rings. The van der Waals surface area contributed by atoms with E-state index < -0.39 is 15.6 Å². The maximum absolute atomic E-state index is 13.0. The number of sulfonamides is 1. The minimum atomic E-state index is -3.83. The second-order valence-corrected chi connectivity index (χ2v) is 11.4. The van der Waals surface area contributed by atoms with E-state index in [0.717, 1.165) is 4.70 Å². The van der Waals surface area contributed by atoms with Crippen LogP contribution in [0.3, 0.4) is 0 Å². The van der Waals surface area contributed by atoms with Gasteiger partial charge in [0.05, 0.1) is 10.3 Å². The molecular formula is C25H22ClN3O4S2. The number of hydrogen-bond acceptors (Lipinski definition) is 6. The quantitative estimate of drug-likeness (QED) is 0.385. The number of benzene rings is 2. The van der Waals surface area contributed by atoms with Gasteiger partial charge in [-0.1, -0.05) is 29.8 Å². The van der Waals surface area contributed by atoms with E-state index in [1.54, 1.807) is 52.9 Å². The average molecular weight is 528 g/mol. The van der Waals surface area contributed by atoms with Gasteiger partial charge >= 0.3 is 0 Å². The van der Waals surface area contributed by atoms with Crippen LogP contribution >= 0.6 is 22.9 Å². The monoisotopic (exact) mass is 527 g/mol. The summed E-state index contributed by atoms with van der Waals surface area (Å²) in [7, 11) is -3.83. The predicted octanol–water partition coefficient (Wildman–Crippen LogP) is 4.87. The van der Waals surface area contributed by atoms with Gasteiger partial charge in [-0.3, -0.25) is 14.5 Å². The molecule has 3 heterocycles. The van der Waals surface area contributed by atoms with E-state index in [2.05, 4.69) is 9.71 Å². The molecule has 35 heavy (non-hydrogen) atoms. The van der Waals surface area contributed by atoms with Gasteiger partial charge in [0.2, 0.25) is 0 Å². The van der Waals surface area contributed by atoms with Gasteiger partial charge in [-0.05, 0) is 55.3 Å². The number of amides is 1. The molecule has 4 aromatic rings. The topological polar surface area (TPSA) is 99.6 Å². The van der Waals surface area contributed by atoms with Crippen LogP contribution in [-0.4, -0.2) is 42.4 Å². The van der Waals surface area contributed by atoms with E-state index >= 15 is 0 Å². The first-order chi connectivity index (χ1) is 16.8. The number of rotatable bonds is 5. The Morgan fingerprint density at radius 3 is 2.49 bits per heavy atom. The van der Waals surface area contributed by atoms with E-state index in [0.29, 0.717) is 53.3 Å². The number of likely N-dealkylation sites (tertiary alicyclic amines) is 1. The number of nitrogens with one attached hydrogen (secondary N) is 1. The Labute approximate surface area is 212 Å². The first kappa shape index (κ1) is 23.7. The number of carbonyl (C=O) groups is 1.